The zero-order valence-corrected chi connectivity index (χ0v) is 12.6. The Morgan fingerprint density at radius 2 is 1.72 bits per heavy atom. The summed E-state index contributed by atoms with van der Waals surface area (Å²) in [5, 5.41) is 0.432. The minimum Gasteiger partial charge on any atom is -0.220 e. The van der Waals surface area contributed by atoms with Gasteiger partial charge in [0, 0.05) is 6.42 Å². The second-order valence-corrected chi connectivity index (χ2v) is 5.34. The maximum atomic E-state index is 13.7. The molecule has 1 aromatic heterocycles. The molecule has 2 aromatic rings. The van der Waals surface area contributed by atoms with Crippen molar-refractivity contribution in [1.82, 2.24) is 9.97 Å². The molecule has 0 aliphatic rings. The van der Waals surface area contributed by atoms with Crippen LogP contribution in [0.2, 0.25) is 15.3 Å². The standard InChI is InChI=1S/C11H5BrCl3FN2/c12-8-10(14)17-7(18-11(8)15)4-5-2-1-3-6(13)9(5)16/h1-3H,4H2. The minimum absolute atomic E-state index is 0.0572. The first kappa shape index (κ1) is 14.0. The maximum Gasteiger partial charge on any atom is 0.148 e. The molecule has 1 aromatic carbocycles. The fourth-order valence-corrected chi connectivity index (χ4v) is 2.16. The van der Waals surface area contributed by atoms with E-state index in [1.165, 1.54) is 6.07 Å². The maximum absolute atomic E-state index is 13.7. The number of aromatic nitrogens is 2. The van der Waals surface area contributed by atoms with Crippen LogP contribution in [0.15, 0.2) is 22.7 Å². The third-order valence-corrected chi connectivity index (χ3v) is 4.24. The lowest BCUT2D eigenvalue weighted by Gasteiger charge is -2.05. The molecule has 0 atom stereocenters. The summed E-state index contributed by atoms with van der Waals surface area (Å²) in [6, 6.07) is 4.74. The molecule has 0 saturated carbocycles. The molecular formula is C11H5BrCl3FN2. The molecular weight excluding hydrogens is 365 g/mol. The Kier molecular flexibility index (Phi) is 4.43. The smallest absolute Gasteiger partial charge is 0.148 e. The second-order valence-electron chi connectivity index (χ2n) is 3.43. The molecule has 0 radical (unpaired) electrons. The van der Waals surface area contributed by atoms with Gasteiger partial charge < -0.3 is 0 Å². The van der Waals surface area contributed by atoms with Crippen molar-refractivity contribution in [1.29, 1.82) is 0 Å². The van der Waals surface area contributed by atoms with Crippen LogP contribution in [0, 0.1) is 5.82 Å². The van der Waals surface area contributed by atoms with Crippen LogP contribution >= 0.6 is 50.7 Å². The van der Waals surface area contributed by atoms with Crippen LogP contribution in [-0.4, -0.2) is 9.97 Å². The van der Waals surface area contributed by atoms with Crippen molar-refractivity contribution in [3.8, 4) is 0 Å². The normalized spacial score (nSPS) is 10.7. The quantitative estimate of drug-likeness (QED) is 0.701. The van der Waals surface area contributed by atoms with Gasteiger partial charge in [0.25, 0.3) is 0 Å². The molecule has 2 nitrogen and oxygen atoms in total. The topological polar surface area (TPSA) is 25.8 Å². The Bertz CT molecular complexity index is 584. The highest BCUT2D eigenvalue weighted by Crippen LogP contribution is 2.28. The summed E-state index contributed by atoms with van der Waals surface area (Å²) < 4.78 is 14.1. The first-order valence-corrected chi connectivity index (χ1v) is 6.72. The van der Waals surface area contributed by atoms with E-state index in [1.807, 2.05) is 0 Å². The van der Waals surface area contributed by atoms with E-state index < -0.39 is 5.82 Å². The molecule has 7 heteroatoms. The summed E-state index contributed by atoms with van der Waals surface area (Å²) in [5.41, 5.74) is 0.386. The lowest BCUT2D eigenvalue weighted by atomic mass is 10.1. The predicted octanol–water partition coefficient (Wildman–Crippen LogP) is 4.93. The van der Waals surface area contributed by atoms with Gasteiger partial charge in [-0.05, 0) is 27.6 Å². The summed E-state index contributed by atoms with van der Waals surface area (Å²) in [7, 11) is 0. The van der Waals surface area contributed by atoms with E-state index in [9.17, 15) is 4.39 Å². The van der Waals surface area contributed by atoms with Crippen molar-refractivity contribution in [2.45, 2.75) is 6.42 Å². The van der Waals surface area contributed by atoms with Gasteiger partial charge in [-0.3, -0.25) is 0 Å². The van der Waals surface area contributed by atoms with Crippen molar-refractivity contribution in [3.05, 3.63) is 55.2 Å². The monoisotopic (exact) mass is 368 g/mol. The molecule has 1 heterocycles. The zero-order chi connectivity index (χ0) is 13.3. The summed E-state index contributed by atoms with van der Waals surface area (Å²) in [5.74, 6) is -0.160. The van der Waals surface area contributed by atoms with Crippen molar-refractivity contribution in [2.75, 3.05) is 0 Å². The van der Waals surface area contributed by atoms with E-state index in [0.717, 1.165) is 0 Å². The van der Waals surface area contributed by atoms with Crippen molar-refractivity contribution >= 4 is 50.7 Å². The van der Waals surface area contributed by atoms with E-state index >= 15 is 0 Å². The molecule has 0 aliphatic heterocycles. The van der Waals surface area contributed by atoms with Gasteiger partial charge in [-0.15, -0.1) is 0 Å². The molecule has 18 heavy (non-hydrogen) atoms. The Morgan fingerprint density at radius 1 is 1.11 bits per heavy atom. The zero-order valence-electron chi connectivity index (χ0n) is 8.72. The predicted molar refractivity (Wildman–Crippen MR) is 74.0 cm³/mol. The molecule has 2 rings (SSSR count). The fraction of sp³-hybridized carbons (Fsp3) is 0.0909. The lowest BCUT2D eigenvalue weighted by molar-refractivity contribution is 0.612. The molecule has 0 aliphatic carbocycles. The van der Waals surface area contributed by atoms with E-state index in [0.29, 0.717) is 15.9 Å². The number of halogens is 5. The number of nitrogens with zero attached hydrogens (tertiary/aromatic N) is 2. The largest absolute Gasteiger partial charge is 0.220 e. The molecule has 0 bridgehead atoms. The Morgan fingerprint density at radius 3 is 2.33 bits per heavy atom. The molecule has 0 unspecified atom stereocenters. The van der Waals surface area contributed by atoms with E-state index in [-0.39, 0.29) is 21.7 Å². The van der Waals surface area contributed by atoms with Crippen LogP contribution in [0.4, 0.5) is 4.39 Å². The van der Waals surface area contributed by atoms with E-state index in [1.54, 1.807) is 12.1 Å². The highest BCUT2D eigenvalue weighted by atomic mass is 79.9. The lowest BCUT2D eigenvalue weighted by Crippen LogP contribution is -2.00. The van der Waals surface area contributed by atoms with Gasteiger partial charge in [0.2, 0.25) is 0 Å². The Labute approximate surface area is 126 Å². The van der Waals surface area contributed by atoms with Gasteiger partial charge >= 0.3 is 0 Å². The highest BCUT2D eigenvalue weighted by molar-refractivity contribution is 9.10. The number of hydrogen-bond donors (Lipinski definition) is 0. The van der Waals surface area contributed by atoms with Crippen molar-refractivity contribution < 1.29 is 4.39 Å². The average Bonchev–Trinajstić information content (AvgIpc) is 2.32. The minimum atomic E-state index is -0.488. The van der Waals surface area contributed by atoms with Crippen LogP contribution in [-0.2, 0) is 6.42 Å². The molecule has 0 spiro atoms. The molecule has 94 valence electrons. The van der Waals surface area contributed by atoms with Gasteiger partial charge in [0.1, 0.15) is 21.9 Å². The van der Waals surface area contributed by atoms with E-state index in [4.69, 9.17) is 34.8 Å². The van der Waals surface area contributed by atoms with Crippen LogP contribution in [0.1, 0.15) is 11.4 Å². The van der Waals surface area contributed by atoms with Crippen LogP contribution < -0.4 is 0 Å². The third kappa shape index (κ3) is 2.94. The van der Waals surface area contributed by atoms with Gasteiger partial charge in [-0.25, -0.2) is 14.4 Å². The molecule has 0 fully saturated rings. The molecule has 0 saturated heterocycles. The highest BCUT2D eigenvalue weighted by Gasteiger charge is 2.12. The number of rotatable bonds is 2. The third-order valence-electron chi connectivity index (χ3n) is 2.20. The van der Waals surface area contributed by atoms with Crippen LogP contribution in [0.3, 0.4) is 0 Å². The van der Waals surface area contributed by atoms with Crippen molar-refractivity contribution in [2.24, 2.45) is 0 Å². The summed E-state index contributed by atoms with van der Waals surface area (Å²) in [4.78, 5) is 8.03. The van der Waals surface area contributed by atoms with Gasteiger partial charge in [-0.1, -0.05) is 46.9 Å². The average molecular weight is 370 g/mol. The SMILES string of the molecule is Fc1c(Cl)cccc1Cc1nc(Cl)c(Br)c(Cl)n1. The summed E-state index contributed by atoms with van der Waals surface area (Å²) in [6.07, 6.45) is 0.166. The number of hydrogen-bond acceptors (Lipinski definition) is 2. The first-order chi connectivity index (χ1) is 8.49. The van der Waals surface area contributed by atoms with Gasteiger partial charge in [-0.2, -0.15) is 0 Å². The first-order valence-electron chi connectivity index (χ1n) is 4.79. The van der Waals surface area contributed by atoms with Gasteiger partial charge in [0.15, 0.2) is 0 Å². The summed E-state index contributed by atoms with van der Waals surface area (Å²) >= 11 is 20.5. The fourth-order valence-electron chi connectivity index (χ4n) is 1.37. The Hall–Kier alpha value is -0.420. The van der Waals surface area contributed by atoms with Gasteiger partial charge in [0.05, 0.1) is 9.50 Å². The Balaban J connectivity index is 2.37. The van der Waals surface area contributed by atoms with Crippen LogP contribution in [0.5, 0.6) is 0 Å². The van der Waals surface area contributed by atoms with E-state index in [2.05, 4.69) is 25.9 Å². The molecule has 0 N–H and O–H groups in total. The second kappa shape index (κ2) is 5.70. The van der Waals surface area contributed by atoms with Crippen molar-refractivity contribution in [3.63, 3.8) is 0 Å². The summed E-state index contributed by atoms with van der Waals surface area (Å²) in [6.45, 7) is 0. The van der Waals surface area contributed by atoms with Crippen LogP contribution in [0.25, 0.3) is 0 Å². The molecule has 0 amide bonds. The number of benzene rings is 1.